The molecule has 1 aliphatic rings. The first-order valence-corrected chi connectivity index (χ1v) is 6.71. The maximum atomic E-state index is 13.9. The third kappa shape index (κ3) is 2.82. The van der Waals surface area contributed by atoms with Crippen LogP contribution in [-0.4, -0.2) is 12.1 Å². The first-order chi connectivity index (χ1) is 8.61. The first-order valence-electron chi connectivity index (χ1n) is 5.92. The predicted molar refractivity (Wildman–Crippen MR) is 69.7 cm³/mol. The van der Waals surface area contributed by atoms with Crippen molar-refractivity contribution in [2.24, 2.45) is 5.73 Å². The van der Waals surface area contributed by atoms with E-state index in [1.54, 1.807) is 6.07 Å². The van der Waals surface area contributed by atoms with Crippen LogP contribution in [-0.2, 0) is 0 Å². The lowest BCUT2D eigenvalue weighted by Crippen LogP contribution is -2.31. The largest absolute Gasteiger partial charge is 0.487 e. The molecular weight excluding hydrogens is 299 g/mol. The summed E-state index contributed by atoms with van der Waals surface area (Å²) in [5.74, 6) is -0.315. The number of ether oxygens (including phenoxy) is 1. The van der Waals surface area contributed by atoms with Crippen molar-refractivity contribution in [1.29, 1.82) is 5.26 Å². The zero-order valence-corrected chi connectivity index (χ0v) is 11.4. The molecular formula is C13H14BrFN2O. The van der Waals surface area contributed by atoms with Gasteiger partial charge in [0.1, 0.15) is 6.07 Å². The van der Waals surface area contributed by atoms with Gasteiger partial charge in [-0.15, -0.1) is 0 Å². The third-order valence-corrected chi connectivity index (χ3v) is 3.96. The number of hydrogen-bond donors (Lipinski definition) is 1. The minimum Gasteiger partial charge on any atom is -0.487 e. The Morgan fingerprint density at radius 1 is 1.33 bits per heavy atom. The molecule has 1 fully saturated rings. The Morgan fingerprint density at radius 2 is 2.00 bits per heavy atom. The normalized spacial score (nSPS) is 23.4. The molecule has 0 aromatic heterocycles. The molecule has 1 saturated carbocycles. The molecule has 0 saturated heterocycles. The van der Waals surface area contributed by atoms with Crippen LogP contribution < -0.4 is 10.5 Å². The van der Waals surface area contributed by atoms with Gasteiger partial charge in [-0.05, 0) is 53.7 Å². The highest BCUT2D eigenvalue weighted by Gasteiger charge is 2.22. The van der Waals surface area contributed by atoms with E-state index < -0.39 is 5.82 Å². The minimum absolute atomic E-state index is 0.0131. The van der Waals surface area contributed by atoms with Crippen molar-refractivity contribution in [3.63, 3.8) is 0 Å². The zero-order chi connectivity index (χ0) is 13.1. The van der Waals surface area contributed by atoms with Crippen LogP contribution in [0.5, 0.6) is 5.75 Å². The molecule has 1 aliphatic carbocycles. The molecule has 0 bridgehead atoms. The summed E-state index contributed by atoms with van der Waals surface area (Å²) in [6.45, 7) is 0. The zero-order valence-electron chi connectivity index (χ0n) is 9.83. The lowest BCUT2D eigenvalue weighted by Gasteiger charge is -2.27. The Labute approximate surface area is 114 Å². The van der Waals surface area contributed by atoms with Crippen LogP contribution in [0.4, 0.5) is 4.39 Å². The molecule has 0 radical (unpaired) electrons. The fourth-order valence-electron chi connectivity index (χ4n) is 2.10. The summed E-state index contributed by atoms with van der Waals surface area (Å²) in [5.41, 5.74) is 6.08. The van der Waals surface area contributed by atoms with Gasteiger partial charge in [-0.2, -0.15) is 5.26 Å². The van der Waals surface area contributed by atoms with E-state index in [1.165, 1.54) is 6.07 Å². The average Bonchev–Trinajstić information content (AvgIpc) is 2.38. The van der Waals surface area contributed by atoms with Crippen molar-refractivity contribution in [2.75, 3.05) is 0 Å². The van der Waals surface area contributed by atoms with Crippen molar-refractivity contribution < 1.29 is 9.13 Å². The van der Waals surface area contributed by atoms with Crippen LogP contribution in [0.25, 0.3) is 0 Å². The lowest BCUT2D eigenvalue weighted by atomic mass is 9.94. The molecule has 2 rings (SSSR count). The summed E-state index contributed by atoms with van der Waals surface area (Å²) in [4.78, 5) is 0. The van der Waals surface area contributed by atoms with Crippen LogP contribution in [0, 0.1) is 17.1 Å². The molecule has 1 aromatic carbocycles. The van der Waals surface area contributed by atoms with Gasteiger partial charge in [-0.25, -0.2) is 4.39 Å². The maximum absolute atomic E-state index is 13.9. The molecule has 0 spiro atoms. The van der Waals surface area contributed by atoms with Crippen LogP contribution in [0.15, 0.2) is 16.6 Å². The van der Waals surface area contributed by atoms with E-state index in [1.807, 2.05) is 6.07 Å². The van der Waals surface area contributed by atoms with Gasteiger partial charge in [-0.1, -0.05) is 0 Å². The standard InChI is InChI=1S/C13H14BrFN2O/c14-12-8(7-16)1-6-11(13(12)15)18-10-4-2-9(17)3-5-10/h1,6,9-10H,2-5,17H2. The number of rotatable bonds is 2. The quantitative estimate of drug-likeness (QED) is 0.912. The number of benzene rings is 1. The molecule has 1 aromatic rings. The monoisotopic (exact) mass is 312 g/mol. The Bertz CT molecular complexity index is 479. The van der Waals surface area contributed by atoms with Gasteiger partial charge < -0.3 is 10.5 Å². The van der Waals surface area contributed by atoms with Gasteiger partial charge in [0.15, 0.2) is 11.6 Å². The molecule has 0 heterocycles. The molecule has 18 heavy (non-hydrogen) atoms. The third-order valence-electron chi connectivity index (χ3n) is 3.18. The summed E-state index contributed by atoms with van der Waals surface area (Å²) in [6.07, 6.45) is 3.52. The molecule has 96 valence electrons. The van der Waals surface area contributed by atoms with Gasteiger partial charge in [0.2, 0.25) is 0 Å². The summed E-state index contributed by atoms with van der Waals surface area (Å²) in [7, 11) is 0. The Kier molecular flexibility index (Phi) is 4.20. The average molecular weight is 313 g/mol. The van der Waals surface area contributed by atoms with Crippen molar-refractivity contribution in [3.8, 4) is 11.8 Å². The van der Waals surface area contributed by atoms with Crippen molar-refractivity contribution in [1.82, 2.24) is 0 Å². The van der Waals surface area contributed by atoms with Crippen molar-refractivity contribution >= 4 is 15.9 Å². The van der Waals surface area contributed by atoms with Crippen LogP contribution in [0.1, 0.15) is 31.2 Å². The molecule has 0 atom stereocenters. The van der Waals surface area contributed by atoms with Gasteiger partial charge >= 0.3 is 0 Å². The van der Waals surface area contributed by atoms with E-state index in [4.69, 9.17) is 15.7 Å². The van der Waals surface area contributed by atoms with Crippen molar-refractivity contribution in [3.05, 3.63) is 28.0 Å². The number of nitriles is 1. The van der Waals surface area contributed by atoms with Crippen LogP contribution in [0.2, 0.25) is 0 Å². The van der Waals surface area contributed by atoms with Gasteiger partial charge in [0, 0.05) is 6.04 Å². The predicted octanol–water partition coefficient (Wildman–Crippen LogP) is 3.11. The molecule has 0 aliphatic heterocycles. The Morgan fingerprint density at radius 3 is 2.61 bits per heavy atom. The van der Waals surface area contributed by atoms with Crippen molar-refractivity contribution in [2.45, 2.75) is 37.8 Å². The van der Waals surface area contributed by atoms with Crippen LogP contribution in [0.3, 0.4) is 0 Å². The second-order valence-corrected chi connectivity index (χ2v) is 5.30. The molecule has 0 amide bonds. The van der Waals surface area contributed by atoms with E-state index in [0.717, 1.165) is 25.7 Å². The Balaban J connectivity index is 2.11. The molecule has 0 unspecified atom stereocenters. The summed E-state index contributed by atoms with van der Waals surface area (Å²) >= 11 is 3.07. The SMILES string of the molecule is N#Cc1ccc(OC2CCC(N)CC2)c(F)c1Br. The topological polar surface area (TPSA) is 59.0 Å². The lowest BCUT2D eigenvalue weighted by molar-refractivity contribution is 0.141. The van der Waals surface area contributed by atoms with Gasteiger partial charge in [0.25, 0.3) is 0 Å². The molecule has 5 heteroatoms. The molecule has 3 nitrogen and oxygen atoms in total. The highest BCUT2D eigenvalue weighted by molar-refractivity contribution is 9.10. The Hall–Kier alpha value is -1.12. The highest BCUT2D eigenvalue weighted by atomic mass is 79.9. The second kappa shape index (κ2) is 5.68. The maximum Gasteiger partial charge on any atom is 0.180 e. The highest BCUT2D eigenvalue weighted by Crippen LogP contribution is 2.31. The van der Waals surface area contributed by atoms with Gasteiger partial charge in [-0.3, -0.25) is 0 Å². The summed E-state index contributed by atoms with van der Waals surface area (Å²) in [6, 6.07) is 5.21. The van der Waals surface area contributed by atoms with Crippen LogP contribution >= 0.6 is 15.9 Å². The summed E-state index contributed by atoms with van der Waals surface area (Å²) in [5, 5.41) is 8.78. The van der Waals surface area contributed by atoms with E-state index in [9.17, 15) is 4.39 Å². The van der Waals surface area contributed by atoms with E-state index in [2.05, 4.69) is 15.9 Å². The molecule has 2 N–H and O–H groups in total. The van der Waals surface area contributed by atoms with E-state index in [-0.39, 0.29) is 27.9 Å². The fourth-order valence-corrected chi connectivity index (χ4v) is 2.51. The number of halogens is 2. The number of nitrogens with two attached hydrogens (primary N) is 1. The number of nitrogens with zero attached hydrogens (tertiary/aromatic N) is 1. The first kappa shape index (κ1) is 13.3. The second-order valence-electron chi connectivity index (χ2n) is 4.51. The van der Waals surface area contributed by atoms with E-state index in [0.29, 0.717) is 0 Å². The number of hydrogen-bond acceptors (Lipinski definition) is 3. The van der Waals surface area contributed by atoms with Gasteiger partial charge in [0.05, 0.1) is 16.1 Å². The summed E-state index contributed by atoms with van der Waals surface area (Å²) < 4.78 is 19.7. The smallest absolute Gasteiger partial charge is 0.180 e. The van der Waals surface area contributed by atoms with E-state index >= 15 is 0 Å². The minimum atomic E-state index is -0.510. The fraction of sp³-hybridized carbons (Fsp3) is 0.462.